The fourth-order valence-corrected chi connectivity index (χ4v) is 8.26. The number of anilines is 3. The van der Waals surface area contributed by atoms with Crippen LogP contribution in [0.15, 0.2) is 174 Å². The van der Waals surface area contributed by atoms with E-state index < -0.39 is 0 Å². The first-order valence-corrected chi connectivity index (χ1v) is 20.2. The smallest absolute Gasteiger partial charge is 0.119 e. The van der Waals surface area contributed by atoms with Crippen molar-refractivity contribution in [3.05, 3.63) is 180 Å². The Bertz CT molecular complexity index is 2450. The Morgan fingerprint density at radius 3 is 2.11 bits per heavy atom. The van der Waals surface area contributed by atoms with E-state index in [0.29, 0.717) is 13.2 Å². The van der Waals surface area contributed by atoms with Crippen molar-refractivity contribution in [3.8, 4) is 5.75 Å². The van der Waals surface area contributed by atoms with Crippen molar-refractivity contribution in [1.82, 2.24) is 0 Å². The maximum absolute atomic E-state index is 6.01. The van der Waals surface area contributed by atoms with Crippen molar-refractivity contribution >= 4 is 44.3 Å². The lowest BCUT2D eigenvalue weighted by Gasteiger charge is -2.38. The first-order chi connectivity index (χ1) is 27.2. The van der Waals surface area contributed by atoms with Crippen molar-refractivity contribution in [2.45, 2.75) is 72.1 Å². The van der Waals surface area contributed by atoms with Crippen molar-refractivity contribution in [2.24, 2.45) is 5.10 Å². The second-order valence-electron chi connectivity index (χ2n) is 15.6. The highest BCUT2D eigenvalue weighted by atomic mass is 16.5. The summed E-state index contributed by atoms with van der Waals surface area (Å²) in [7, 11) is 0. The van der Waals surface area contributed by atoms with Gasteiger partial charge in [-0.2, -0.15) is 5.10 Å². The standard InChI is InChI=1S/C50H49N3O.C2H6/c1-35-36(30-31-49(2,3)47-42-22-14-12-16-37(42)26-28-44(47)51-32-33-54-41-20-10-7-11-21-41)24-25-39(35)34-46-50(4,5)48-43-23-15-13-17-38(43)27-29-45(48)53(52-46)40-18-8-6-9-19-40;1-2/h6-23,26-31,34,51H,24-25,32-33H2,1-5H3;1-2H3/b31-30+,39-34+;. The van der Waals surface area contributed by atoms with Crippen molar-refractivity contribution in [1.29, 1.82) is 0 Å². The summed E-state index contributed by atoms with van der Waals surface area (Å²) in [4.78, 5) is 0. The number of ether oxygens (including phenoxy) is 1. The lowest BCUT2D eigenvalue weighted by atomic mass is 9.75. The number of fused-ring (bicyclic) bond motifs is 4. The minimum Gasteiger partial charge on any atom is -0.492 e. The molecular weight excluding hydrogens is 683 g/mol. The third-order valence-electron chi connectivity index (χ3n) is 11.3. The number of allylic oxidation sites excluding steroid dienone is 6. The molecule has 0 fully saturated rings. The molecule has 0 aromatic heterocycles. The summed E-state index contributed by atoms with van der Waals surface area (Å²) in [6.45, 7) is 16.9. The molecule has 4 heteroatoms. The molecule has 0 saturated heterocycles. The zero-order valence-electron chi connectivity index (χ0n) is 34.1. The fraction of sp³-hybridized carbons (Fsp3) is 0.250. The van der Waals surface area contributed by atoms with E-state index in [1.165, 1.54) is 49.4 Å². The van der Waals surface area contributed by atoms with Gasteiger partial charge in [-0.3, -0.25) is 0 Å². The van der Waals surface area contributed by atoms with Gasteiger partial charge in [0.15, 0.2) is 0 Å². The molecule has 6 aromatic carbocycles. The number of benzene rings is 6. The molecule has 0 amide bonds. The van der Waals surface area contributed by atoms with Gasteiger partial charge in [0, 0.05) is 23.1 Å². The Morgan fingerprint density at radius 1 is 0.750 bits per heavy atom. The number of rotatable bonds is 10. The van der Waals surface area contributed by atoms with Crippen molar-refractivity contribution < 1.29 is 4.74 Å². The van der Waals surface area contributed by atoms with E-state index in [0.717, 1.165) is 41.4 Å². The summed E-state index contributed by atoms with van der Waals surface area (Å²) >= 11 is 0. The molecule has 56 heavy (non-hydrogen) atoms. The van der Waals surface area contributed by atoms with Crippen LogP contribution >= 0.6 is 0 Å². The van der Waals surface area contributed by atoms with Gasteiger partial charge in [0.2, 0.25) is 0 Å². The number of nitrogens with zero attached hydrogens (tertiary/aromatic N) is 2. The first kappa shape index (κ1) is 38.4. The van der Waals surface area contributed by atoms with Crippen molar-refractivity contribution in [3.63, 3.8) is 0 Å². The normalized spacial score (nSPS) is 15.9. The number of para-hydroxylation sites is 2. The molecule has 0 radical (unpaired) electrons. The highest BCUT2D eigenvalue weighted by molar-refractivity contribution is 6.11. The third kappa shape index (κ3) is 7.66. The monoisotopic (exact) mass is 737 g/mol. The minimum atomic E-state index is -0.292. The van der Waals surface area contributed by atoms with Crippen LogP contribution in [0.25, 0.3) is 21.5 Å². The molecule has 8 rings (SSSR count). The molecule has 1 aliphatic heterocycles. The third-order valence-corrected chi connectivity index (χ3v) is 11.3. The van der Waals surface area contributed by atoms with Gasteiger partial charge >= 0.3 is 0 Å². The summed E-state index contributed by atoms with van der Waals surface area (Å²) in [6.07, 6.45) is 9.18. The summed E-state index contributed by atoms with van der Waals surface area (Å²) in [5, 5.41) is 16.3. The number of nitrogens with one attached hydrogen (secondary N) is 1. The Balaban J connectivity index is 0.00000237. The van der Waals surface area contributed by atoms with Gasteiger partial charge in [0.25, 0.3) is 0 Å². The van der Waals surface area contributed by atoms with E-state index in [-0.39, 0.29) is 10.8 Å². The maximum Gasteiger partial charge on any atom is 0.119 e. The predicted octanol–water partition coefficient (Wildman–Crippen LogP) is 13.9. The summed E-state index contributed by atoms with van der Waals surface area (Å²) in [6, 6.07) is 46.9. The lowest BCUT2D eigenvalue weighted by molar-refractivity contribution is 0.333. The van der Waals surface area contributed by atoms with E-state index in [1.807, 2.05) is 44.2 Å². The zero-order valence-corrected chi connectivity index (χ0v) is 34.1. The van der Waals surface area contributed by atoms with Gasteiger partial charge in [-0.15, -0.1) is 0 Å². The Kier molecular flexibility index (Phi) is 11.3. The highest BCUT2D eigenvalue weighted by Crippen LogP contribution is 2.46. The quantitative estimate of drug-likeness (QED) is 0.142. The molecule has 1 N–H and O–H groups in total. The average molecular weight is 738 g/mol. The molecule has 4 nitrogen and oxygen atoms in total. The molecule has 0 spiro atoms. The van der Waals surface area contributed by atoms with Crippen LogP contribution in [0.1, 0.15) is 72.4 Å². The van der Waals surface area contributed by atoms with E-state index >= 15 is 0 Å². The first-order valence-electron chi connectivity index (χ1n) is 20.2. The van der Waals surface area contributed by atoms with Crippen LogP contribution in [0, 0.1) is 0 Å². The molecule has 1 heterocycles. The number of hydrogen-bond acceptors (Lipinski definition) is 4. The Hall–Kier alpha value is -5.87. The lowest BCUT2D eigenvalue weighted by Crippen LogP contribution is -2.36. The van der Waals surface area contributed by atoms with Gasteiger partial charge in [0.05, 0.1) is 17.1 Å². The van der Waals surface area contributed by atoms with E-state index in [1.54, 1.807) is 0 Å². The van der Waals surface area contributed by atoms with E-state index in [4.69, 9.17) is 9.84 Å². The Morgan fingerprint density at radius 2 is 1.38 bits per heavy atom. The molecule has 0 bridgehead atoms. The van der Waals surface area contributed by atoms with Crippen LogP contribution in [-0.4, -0.2) is 18.9 Å². The second-order valence-corrected chi connectivity index (χ2v) is 15.6. The van der Waals surface area contributed by atoms with Gasteiger partial charge in [0.1, 0.15) is 12.4 Å². The number of hydrogen-bond donors (Lipinski definition) is 1. The van der Waals surface area contributed by atoms with Gasteiger partial charge in [-0.1, -0.05) is 137 Å². The Labute approximate surface area is 333 Å². The largest absolute Gasteiger partial charge is 0.492 e. The topological polar surface area (TPSA) is 36.9 Å². The minimum absolute atomic E-state index is 0.236. The average Bonchev–Trinajstić information content (AvgIpc) is 3.58. The SMILES string of the molecule is CC.CC1=C(/C=C/C(C)(C)c2c(NCCOc3ccccc3)ccc3ccccc23)CC/C1=C\C1=NN(c2ccccc2)c2ccc3ccccc3c2C1(C)C. The van der Waals surface area contributed by atoms with Crippen LogP contribution in [0.5, 0.6) is 5.75 Å². The summed E-state index contributed by atoms with van der Waals surface area (Å²) < 4.78 is 6.01. The summed E-state index contributed by atoms with van der Waals surface area (Å²) in [5.41, 5.74) is 10.6. The van der Waals surface area contributed by atoms with Crippen LogP contribution in [0.4, 0.5) is 17.1 Å². The number of hydrazone groups is 1. The molecule has 284 valence electrons. The second kappa shape index (κ2) is 16.5. The molecule has 1 aliphatic carbocycles. The zero-order chi connectivity index (χ0) is 39.3. The fourth-order valence-electron chi connectivity index (χ4n) is 8.26. The van der Waals surface area contributed by atoms with Gasteiger partial charge in [-0.05, 0) is 125 Å². The molecule has 6 aromatic rings. The van der Waals surface area contributed by atoms with Crippen LogP contribution in [0.3, 0.4) is 0 Å². The summed E-state index contributed by atoms with van der Waals surface area (Å²) in [5.74, 6) is 0.890. The predicted molar refractivity (Wildman–Crippen MR) is 241 cm³/mol. The van der Waals surface area contributed by atoms with Crippen LogP contribution in [0.2, 0.25) is 0 Å². The van der Waals surface area contributed by atoms with Crippen LogP contribution < -0.4 is 15.1 Å². The maximum atomic E-state index is 6.01. The molecule has 0 saturated carbocycles. The molecule has 0 unspecified atom stereocenters. The van der Waals surface area contributed by atoms with Gasteiger partial charge in [-0.25, -0.2) is 5.01 Å². The van der Waals surface area contributed by atoms with Crippen LogP contribution in [-0.2, 0) is 10.8 Å². The van der Waals surface area contributed by atoms with E-state index in [2.05, 4.69) is 166 Å². The highest BCUT2D eigenvalue weighted by Gasteiger charge is 2.37. The molecule has 2 aliphatic rings. The molecule has 0 atom stereocenters. The molecular formula is C52H55N3O. The van der Waals surface area contributed by atoms with E-state index in [9.17, 15) is 0 Å². The van der Waals surface area contributed by atoms with Crippen molar-refractivity contribution in [2.75, 3.05) is 23.5 Å². The van der Waals surface area contributed by atoms with Gasteiger partial charge < -0.3 is 10.1 Å².